The van der Waals surface area contributed by atoms with Gasteiger partial charge in [0.25, 0.3) is 5.91 Å². The van der Waals surface area contributed by atoms with E-state index in [1.807, 2.05) is 0 Å². The zero-order valence-electron chi connectivity index (χ0n) is 14.0. The van der Waals surface area contributed by atoms with Gasteiger partial charge in [-0.1, -0.05) is 19.3 Å². The van der Waals surface area contributed by atoms with Gasteiger partial charge in [-0.25, -0.2) is 4.39 Å². The Hall–Kier alpha value is -1.91. The zero-order chi connectivity index (χ0) is 16.9. The molecule has 1 saturated heterocycles. The lowest BCUT2D eigenvalue weighted by molar-refractivity contribution is -0.126. The van der Waals surface area contributed by atoms with E-state index in [4.69, 9.17) is 0 Å². The molecule has 130 valence electrons. The lowest BCUT2D eigenvalue weighted by atomic mass is 9.88. The van der Waals surface area contributed by atoms with Crippen molar-refractivity contribution in [1.82, 2.24) is 10.2 Å². The number of hydrogen-bond donors (Lipinski definition) is 1. The summed E-state index contributed by atoms with van der Waals surface area (Å²) >= 11 is 0. The van der Waals surface area contributed by atoms with Gasteiger partial charge in [0.05, 0.1) is 0 Å². The molecule has 1 aliphatic carbocycles. The van der Waals surface area contributed by atoms with Crippen LogP contribution in [-0.4, -0.2) is 35.8 Å². The molecule has 24 heavy (non-hydrogen) atoms. The Morgan fingerprint density at radius 2 is 1.58 bits per heavy atom. The number of piperidine rings is 1. The van der Waals surface area contributed by atoms with E-state index in [-0.39, 0.29) is 29.6 Å². The minimum Gasteiger partial charge on any atom is -0.353 e. The molecule has 2 amide bonds. The molecule has 0 unspecified atom stereocenters. The van der Waals surface area contributed by atoms with E-state index >= 15 is 0 Å². The first-order valence-corrected chi connectivity index (χ1v) is 8.99. The van der Waals surface area contributed by atoms with Crippen LogP contribution in [0.1, 0.15) is 55.3 Å². The van der Waals surface area contributed by atoms with Gasteiger partial charge in [0, 0.05) is 30.6 Å². The Kier molecular flexibility index (Phi) is 5.48. The highest BCUT2D eigenvalue weighted by molar-refractivity contribution is 5.94. The van der Waals surface area contributed by atoms with E-state index in [0.717, 1.165) is 38.5 Å². The van der Waals surface area contributed by atoms with E-state index in [0.29, 0.717) is 18.7 Å². The van der Waals surface area contributed by atoms with Gasteiger partial charge in [-0.2, -0.15) is 0 Å². The van der Waals surface area contributed by atoms with Crippen LogP contribution in [0.25, 0.3) is 0 Å². The Bertz CT molecular complexity index is 574. The van der Waals surface area contributed by atoms with Crippen LogP contribution in [0.4, 0.5) is 4.39 Å². The second-order valence-electron chi connectivity index (χ2n) is 6.92. The van der Waals surface area contributed by atoms with Gasteiger partial charge in [0.1, 0.15) is 5.82 Å². The van der Waals surface area contributed by atoms with Gasteiger partial charge in [0.15, 0.2) is 0 Å². The Balaban J connectivity index is 1.47. The van der Waals surface area contributed by atoms with E-state index in [9.17, 15) is 14.0 Å². The summed E-state index contributed by atoms with van der Waals surface area (Å²) < 4.78 is 13.0. The molecule has 1 heterocycles. The molecule has 1 saturated carbocycles. The third-order valence-corrected chi connectivity index (χ3v) is 5.20. The van der Waals surface area contributed by atoms with Crippen LogP contribution >= 0.6 is 0 Å². The zero-order valence-corrected chi connectivity index (χ0v) is 14.0. The van der Waals surface area contributed by atoms with E-state index in [1.54, 1.807) is 4.90 Å². The molecule has 4 nitrogen and oxygen atoms in total. The molecule has 0 atom stereocenters. The fraction of sp³-hybridized carbons (Fsp3) is 0.579. The second-order valence-corrected chi connectivity index (χ2v) is 6.92. The average Bonchev–Trinajstić information content (AvgIpc) is 2.63. The van der Waals surface area contributed by atoms with Crippen molar-refractivity contribution in [3.8, 4) is 0 Å². The number of halogens is 1. The normalized spacial score (nSPS) is 20.0. The third-order valence-electron chi connectivity index (χ3n) is 5.20. The molecule has 1 aromatic carbocycles. The minimum absolute atomic E-state index is 0.0629. The number of carbonyl (C=O) groups excluding carboxylic acids is 2. The van der Waals surface area contributed by atoms with Crippen LogP contribution < -0.4 is 5.32 Å². The predicted octanol–water partition coefficient (Wildman–Crippen LogP) is 3.13. The topological polar surface area (TPSA) is 49.4 Å². The summed E-state index contributed by atoms with van der Waals surface area (Å²) in [4.78, 5) is 26.5. The highest BCUT2D eigenvalue weighted by atomic mass is 19.1. The first-order valence-electron chi connectivity index (χ1n) is 8.99. The molecule has 0 radical (unpaired) electrons. The maximum absolute atomic E-state index is 13.0. The van der Waals surface area contributed by atoms with Crippen molar-refractivity contribution in [3.05, 3.63) is 35.6 Å². The Morgan fingerprint density at radius 3 is 2.21 bits per heavy atom. The number of benzene rings is 1. The van der Waals surface area contributed by atoms with Gasteiger partial charge < -0.3 is 10.2 Å². The van der Waals surface area contributed by atoms with E-state index in [2.05, 4.69) is 5.32 Å². The van der Waals surface area contributed by atoms with E-state index in [1.165, 1.54) is 30.7 Å². The van der Waals surface area contributed by atoms with Crippen LogP contribution in [0.3, 0.4) is 0 Å². The third kappa shape index (κ3) is 4.13. The highest BCUT2D eigenvalue weighted by Crippen LogP contribution is 2.24. The molecule has 0 spiro atoms. The molecule has 2 fully saturated rings. The van der Waals surface area contributed by atoms with Crippen molar-refractivity contribution in [2.24, 2.45) is 5.92 Å². The molecule has 1 N–H and O–H groups in total. The number of carbonyl (C=O) groups is 2. The van der Waals surface area contributed by atoms with Crippen LogP contribution in [0.2, 0.25) is 0 Å². The van der Waals surface area contributed by atoms with Gasteiger partial charge in [0.2, 0.25) is 5.91 Å². The molecule has 3 rings (SSSR count). The smallest absolute Gasteiger partial charge is 0.253 e. The molecule has 5 heteroatoms. The predicted molar refractivity (Wildman–Crippen MR) is 90.0 cm³/mol. The highest BCUT2D eigenvalue weighted by Gasteiger charge is 2.27. The van der Waals surface area contributed by atoms with Crippen molar-refractivity contribution in [2.45, 2.75) is 51.0 Å². The molecular formula is C19H25FN2O2. The average molecular weight is 332 g/mol. The number of amides is 2. The second kappa shape index (κ2) is 7.77. The Labute approximate surface area is 142 Å². The van der Waals surface area contributed by atoms with Gasteiger partial charge in [-0.05, 0) is 49.9 Å². The van der Waals surface area contributed by atoms with Crippen molar-refractivity contribution in [3.63, 3.8) is 0 Å². The largest absolute Gasteiger partial charge is 0.353 e. The van der Waals surface area contributed by atoms with Crippen LogP contribution in [-0.2, 0) is 4.79 Å². The number of likely N-dealkylation sites (tertiary alicyclic amines) is 1. The first kappa shape index (κ1) is 16.9. The standard InChI is InChI=1S/C19H25FN2O2/c20-16-8-6-15(7-9-16)19(24)22-12-10-17(11-13-22)21-18(23)14-4-2-1-3-5-14/h6-9,14,17H,1-5,10-13H2,(H,21,23). The summed E-state index contributed by atoms with van der Waals surface area (Å²) in [7, 11) is 0. The van der Waals surface area contributed by atoms with Crippen LogP contribution in [0, 0.1) is 11.7 Å². The maximum Gasteiger partial charge on any atom is 0.253 e. The fourth-order valence-electron chi connectivity index (χ4n) is 3.69. The van der Waals surface area contributed by atoms with Crippen LogP contribution in [0.15, 0.2) is 24.3 Å². The van der Waals surface area contributed by atoms with Gasteiger partial charge in [-0.3, -0.25) is 9.59 Å². The van der Waals surface area contributed by atoms with Gasteiger partial charge >= 0.3 is 0 Å². The van der Waals surface area contributed by atoms with Crippen LogP contribution in [0.5, 0.6) is 0 Å². The van der Waals surface area contributed by atoms with Crippen molar-refractivity contribution >= 4 is 11.8 Å². The summed E-state index contributed by atoms with van der Waals surface area (Å²) in [5.41, 5.74) is 0.515. The summed E-state index contributed by atoms with van der Waals surface area (Å²) in [5, 5.41) is 3.17. The van der Waals surface area contributed by atoms with Crippen molar-refractivity contribution in [1.29, 1.82) is 0 Å². The van der Waals surface area contributed by atoms with Crippen molar-refractivity contribution in [2.75, 3.05) is 13.1 Å². The number of nitrogens with zero attached hydrogens (tertiary/aromatic N) is 1. The number of nitrogens with one attached hydrogen (secondary N) is 1. The molecule has 0 aromatic heterocycles. The Morgan fingerprint density at radius 1 is 0.958 bits per heavy atom. The lowest BCUT2D eigenvalue weighted by Gasteiger charge is -2.33. The molecule has 1 aromatic rings. The minimum atomic E-state index is -0.337. The number of hydrogen-bond acceptors (Lipinski definition) is 2. The number of rotatable bonds is 3. The summed E-state index contributed by atoms with van der Waals surface area (Å²) in [6.07, 6.45) is 7.14. The summed E-state index contributed by atoms with van der Waals surface area (Å²) in [6.45, 7) is 1.26. The van der Waals surface area contributed by atoms with E-state index < -0.39 is 0 Å². The summed E-state index contributed by atoms with van der Waals surface area (Å²) in [5.74, 6) is -0.0293. The maximum atomic E-state index is 13.0. The van der Waals surface area contributed by atoms with Gasteiger partial charge in [-0.15, -0.1) is 0 Å². The molecule has 2 aliphatic rings. The molecular weight excluding hydrogens is 307 g/mol. The quantitative estimate of drug-likeness (QED) is 0.924. The van der Waals surface area contributed by atoms with Crippen molar-refractivity contribution < 1.29 is 14.0 Å². The molecule has 0 bridgehead atoms. The monoisotopic (exact) mass is 332 g/mol. The fourth-order valence-corrected chi connectivity index (χ4v) is 3.69. The molecule has 1 aliphatic heterocycles. The SMILES string of the molecule is O=C(NC1CCN(C(=O)c2ccc(F)cc2)CC1)C1CCCCC1. The summed E-state index contributed by atoms with van der Waals surface area (Å²) in [6, 6.07) is 5.83. The lowest BCUT2D eigenvalue weighted by Crippen LogP contribution is -2.48. The first-order chi connectivity index (χ1) is 11.6.